The minimum absolute atomic E-state index is 0.0718. The van der Waals surface area contributed by atoms with Crippen molar-refractivity contribution in [3.8, 4) is 0 Å². The van der Waals surface area contributed by atoms with Crippen molar-refractivity contribution in [3.05, 3.63) is 58.8 Å². The Balaban J connectivity index is 1.30. The molecule has 168 valence electrons. The summed E-state index contributed by atoms with van der Waals surface area (Å²) < 4.78 is 10.7. The first kappa shape index (κ1) is 22.2. The number of likely N-dealkylation sites (N-methyl/N-ethyl adjacent to an activating group) is 1. The second-order valence-corrected chi connectivity index (χ2v) is 8.23. The molecule has 1 saturated heterocycles. The minimum atomic E-state index is -0.688. The molecule has 0 radical (unpaired) electrons. The van der Waals surface area contributed by atoms with Crippen molar-refractivity contribution < 1.29 is 18.7 Å². The van der Waals surface area contributed by atoms with Crippen molar-refractivity contribution in [3.63, 3.8) is 0 Å². The predicted molar refractivity (Wildman–Crippen MR) is 126 cm³/mol. The first-order valence-electron chi connectivity index (χ1n) is 10.7. The lowest BCUT2D eigenvalue weighted by Crippen LogP contribution is -2.46. The molecule has 0 unspecified atom stereocenters. The highest BCUT2D eigenvalue weighted by atomic mass is 35.5. The van der Waals surface area contributed by atoms with Crippen LogP contribution in [0, 0.1) is 6.92 Å². The van der Waals surface area contributed by atoms with Gasteiger partial charge in [-0.3, -0.25) is 4.79 Å². The number of nitrogens with zero attached hydrogens (tertiary/aromatic N) is 2. The van der Waals surface area contributed by atoms with Gasteiger partial charge in [0.2, 0.25) is 5.76 Å². The van der Waals surface area contributed by atoms with Crippen LogP contribution in [0.1, 0.15) is 23.0 Å². The molecule has 0 atom stereocenters. The fourth-order valence-electron chi connectivity index (χ4n) is 3.86. The maximum absolute atomic E-state index is 12.4. The van der Waals surface area contributed by atoms with Crippen LogP contribution in [-0.2, 0) is 9.53 Å². The first-order chi connectivity index (χ1) is 15.4. The van der Waals surface area contributed by atoms with Gasteiger partial charge in [0.1, 0.15) is 5.58 Å². The zero-order valence-corrected chi connectivity index (χ0v) is 18.9. The fraction of sp³-hybridized carbons (Fsp3) is 0.333. The molecule has 0 spiro atoms. The van der Waals surface area contributed by atoms with E-state index in [1.54, 1.807) is 25.1 Å². The van der Waals surface area contributed by atoms with Crippen LogP contribution in [0.4, 0.5) is 11.4 Å². The smallest absolute Gasteiger partial charge is 0.375 e. The molecule has 32 heavy (non-hydrogen) atoms. The highest BCUT2D eigenvalue weighted by molar-refractivity contribution is 6.31. The molecular formula is C24H26ClN3O4. The van der Waals surface area contributed by atoms with Gasteiger partial charge in [-0.2, -0.15) is 0 Å². The topological polar surface area (TPSA) is 75.0 Å². The van der Waals surface area contributed by atoms with E-state index in [-0.39, 0.29) is 5.76 Å². The number of aryl methyl sites for hydroxylation is 1. The normalized spacial score (nSPS) is 14.5. The number of ether oxygens (including phenoxy) is 1. The Bertz CT molecular complexity index is 1120. The van der Waals surface area contributed by atoms with Gasteiger partial charge in [0, 0.05) is 53.5 Å². The Labute approximate surface area is 191 Å². The summed E-state index contributed by atoms with van der Waals surface area (Å²) in [7, 11) is 0. The van der Waals surface area contributed by atoms with Crippen LogP contribution >= 0.6 is 11.6 Å². The number of halogens is 1. The number of carbonyl (C=O) groups excluding carboxylic acids is 2. The Morgan fingerprint density at radius 2 is 1.81 bits per heavy atom. The van der Waals surface area contributed by atoms with Gasteiger partial charge in [0.05, 0.1) is 0 Å². The monoisotopic (exact) mass is 455 g/mol. The van der Waals surface area contributed by atoms with Crippen LogP contribution in [0.3, 0.4) is 0 Å². The highest BCUT2D eigenvalue weighted by Crippen LogP contribution is 2.28. The number of carbonyl (C=O) groups is 2. The zero-order valence-electron chi connectivity index (χ0n) is 18.2. The Morgan fingerprint density at radius 1 is 1.09 bits per heavy atom. The van der Waals surface area contributed by atoms with Gasteiger partial charge in [-0.15, -0.1) is 0 Å². The molecule has 1 amide bonds. The molecule has 1 aliphatic rings. The molecule has 7 nitrogen and oxygen atoms in total. The number of benzene rings is 2. The molecule has 1 fully saturated rings. The van der Waals surface area contributed by atoms with E-state index in [0.717, 1.165) is 43.8 Å². The summed E-state index contributed by atoms with van der Waals surface area (Å²) in [5, 5.41) is 4.04. The third kappa shape index (κ3) is 4.89. The molecule has 3 aromatic rings. The minimum Gasteiger partial charge on any atom is -0.450 e. The largest absolute Gasteiger partial charge is 0.450 e. The predicted octanol–water partition coefficient (Wildman–Crippen LogP) is 4.33. The van der Waals surface area contributed by atoms with E-state index in [2.05, 4.69) is 22.0 Å². The van der Waals surface area contributed by atoms with Crippen molar-refractivity contribution in [1.82, 2.24) is 4.90 Å². The number of esters is 1. The molecule has 0 aliphatic carbocycles. The third-order valence-electron chi connectivity index (χ3n) is 5.75. The van der Waals surface area contributed by atoms with Gasteiger partial charge in [0.25, 0.3) is 5.91 Å². The van der Waals surface area contributed by atoms with Crippen LogP contribution in [-0.4, -0.2) is 56.1 Å². The zero-order chi connectivity index (χ0) is 22.7. The summed E-state index contributed by atoms with van der Waals surface area (Å²) in [5.41, 5.74) is 2.95. The van der Waals surface area contributed by atoms with Gasteiger partial charge >= 0.3 is 5.97 Å². The molecule has 1 aliphatic heterocycles. The number of fused-ring (bicyclic) bond motifs is 1. The number of rotatable bonds is 6. The quantitative estimate of drug-likeness (QED) is 0.557. The average Bonchev–Trinajstić information content (AvgIpc) is 3.14. The number of furan rings is 1. The Kier molecular flexibility index (Phi) is 6.67. The summed E-state index contributed by atoms with van der Waals surface area (Å²) >= 11 is 6.01. The van der Waals surface area contributed by atoms with Gasteiger partial charge in [0.15, 0.2) is 6.61 Å². The summed E-state index contributed by atoms with van der Waals surface area (Å²) in [6.45, 7) is 8.69. The second kappa shape index (κ2) is 9.63. The van der Waals surface area contributed by atoms with E-state index in [4.69, 9.17) is 20.8 Å². The SMILES string of the molecule is CCN1CCN(c2ccc(NC(=O)COC(=O)c3oc4ccc(Cl)cc4c3C)cc2)CC1. The number of amides is 1. The van der Waals surface area contributed by atoms with Crippen molar-refractivity contribution in [1.29, 1.82) is 0 Å². The standard InChI is InChI=1S/C24H26ClN3O4/c1-3-27-10-12-28(13-11-27)19-7-5-18(6-8-19)26-22(29)15-31-24(30)23-16(2)20-14-17(25)4-9-21(20)32-23/h4-9,14H,3,10-13,15H2,1-2H3,(H,26,29). The van der Waals surface area contributed by atoms with Gasteiger partial charge in [-0.25, -0.2) is 4.79 Å². The van der Waals surface area contributed by atoms with Crippen LogP contribution in [0.5, 0.6) is 0 Å². The summed E-state index contributed by atoms with van der Waals surface area (Å²) in [5.74, 6) is -1.03. The van der Waals surface area contributed by atoms with Crippen molar-refractivity contribution in [2.45, 2.75) is 13.8 Å². The van der Waals surface area contributed by atoms with E-state index < -0.39 is 18.5 Å². The molecule has 8 heteroatoms. The van der Waals surface area contributed by atoms with Crippen molar-refractivity contribution >= 4 is 45.8 Å². The lowest BCUT2D eigenvalue weighted by molar-refractivity contribution is -0.119. The summed E-state index contributed by atoms with van der Waals surface area (Å²) in [4.78, 5) is 29.4. The number of piperazine rings is 1. The van der Waals surface area contributed by atoms with Gasteiger partial charge < -0.3 is 24.3 Å². The molecule has 1 N–H and O–H groups in total. The van der Waals surface area contributed by atoms with Crippen molar-refractivity contribution in [2.24, 2.45) is 0 Å². The highest BCUT2D eigenvalue weighted by Gasteiger charge is 2.20. The van der Waals surface area contributed by atoms with E-state index >= 15 is 0 Å². The second-order valence-electron chi connectivity index (χ2n) is 7.79. The van der Waals surface area contributed by atoms with Gasteiger partial charge in [-0.1, -0.05) is 18.5 Å². The van der Waals surface area contributed by atoms with E-state index in [0.29, 0.717) is 21.9 Å². The maximum Gasteiger partial charge on any atom is 0.375 e. The molecule has 1 aromatic heterocycles. The number of nitrogens with one attached hydrogen (secondary N) is 1. The fourth-order valence-corrected chi connectivity index (χ4v) is 4.03. The molecule has 0 bridgehead atoms. The summed E-state index contributed by atoms with van der Waals surface area (Å²) in [6, 6.07) is 12.8. The lowest BCUT2D eigenvalue weighted by Gasteiger charge is -2.35. The van der Waals surface area contributed by atoms with Crippen LogP contribution in [0.2, 0.25) is 5.02 Å². The van der Waals surface area contributed by atoms with Crippen molar-refractivity contribution in [2.75, 3.05) is 49.5 Å². The molecule has 2 aromatic carbocycles. The van der Waals surface area contributed by atoms with E-state index in [1.165, 1.54) is 0 Å². The average molecular weight is 456 g/mol. The summed E-state index contributed by atoms with van der Waals surface area (Å²) in [6.07, 6.45) is 0. The Morgan fingerprint density at radius 3 is 2.50 bits per heavy atom. The van der Waals surface area contributed by atoms with Crippen LogP contribution in [0.15, 0.2) is 46.9 Å². The lowest BCUT2D eigenvalue weighted by atomic mass is 10.1. The molecule has 4 rings (SSSR count). The number of anilines is 2. The molecular weight excluding hydrogens is 430 g/mol. The van der Waals surface area contributed by atoms with Gasteiger partial charge in [-0.05, 0) is 55.9 Å². The molecule has 2 heterocycles. The maximum atomic E-state index is 12.4. The first-order valence-corrected chi connectivity index (χ1v) is 11.1. The van der Waals surface area contributed by atoms with Crippen LogP contribution in [0.25, 0.3) is 11.0 Å². The molecule has 0 saturated carbocycles. The number of hydrogen-bond donors (Lipinski definition) is 1. The van der Waals surface area contributed by atoms with E-state index in [1.807, 2.05) is 24.3 Å². The number of hydrogen-bond acceptors (Lipinski definition) is 6. The van der Waals surface area contributed by atoms with Crippen LogP contribution < -0.4 is 10.2 Å². The Hall–Kier alpha value is -3.03. The van der Waals surface area contributed by atoms with E-state index in [9.17, 15) is 9.59 Å². The third-order valence-corrected chi connectivity index (χ3v) is 5.99.